The summed E-state index contributed by atoms with van der Waals surface area (Å²) in [5.41, 5.74) is 1.02. The summed E-state index contributed by atoms with van der Waals surface area (Å²) in [6, 6.07) is 11.3. The number of benzene rings is 1. The maximum absolute atomic E-state index is 11.9. The van der Waals surface area contributed by atoms with Crippen LogP contribution in [0.3, 0.4) is 0 Å². The largest absolute Gasteiger partial charge is 0.445 e. The molecule has 3 rings (SSSR count). The van der Waals surface area contributed by atoms with Gasteiger partial charge in [0.1, 0.15) is 6.61 Å². The molecule has 4 heteroatoms. The molecule has 1 amide bonds. The first-order chi connectivity index (χ1) is 11.7. The predicted molar refractivity (Wildman–Crippen MR) is 95.7 cm³/mol. The molecule has 0 spiro atoms. The molecule has 1 aromatic carbocycles. The third-order valence-corrected chi connectivity index (χ3v) is 5.56. The third-order valence-electron chi connectivity index (χ3n) is 5.56. The van der Waals surface area contributed by atoms with Gasteiger partial charge in [0, 0.05) is 18.1 Å². The van der Waals surface area contributed by atoms with Crippen LogP contribution in [0.25, 0.3) is 0 Å². The Bertz CT molecular complexity index is 514. The molecule has 1 aromatic rings. The highest BCUT2D eigenvalue weighted by Crippen LogP contribution is 2.29. The minimum Gasteiger partial charge on any atom is -0.445 e. The number of carbonyl (C=O) groups excluding carboxylic acids is 1. The van der Waals surface area contributed by atoms with Crippen molar-refractivity contribution in [1.82, 2.24) is 10.6 Å². The molecular weight excluding hydrogens is 300 g/mol. The highest BCUT2D eigenvalue weighted by atomic mass is 16.5. The quantitative estimate of drug-likeness (QED) is 0.829. The fourth-order valence-corrected chi connectivity index (χ4v) is 4.02. The van der Waals surface area contributed by atoms with Crippen LogP contribution in [0.15, 0.2) is 30.3 Å². The van der Waals surface area contributed by atoms with Gasteiger partial charge in [0.25, 0.3) is 0 Å². The second kappa shape index (κ2) is 8.52. The van der Waals surface area contributed by atoms with E-state index < -0.39 is 0 Å². The topological polar surface area (TPSA) is 50.4 Å². The number of rotatable bonds is 6. The van der Waals surface area contributed by atoms with Crippen molar-refractivity contribution in [3.05, 3.63) is 35.9 Å². The van der Waals surface area contributed by atoms with Crippen LogP contribution in [0.5, 0.6) is 0 Å². The summed E-state index contributed by atoms with van der Waals surface area (Å²) >= 11 is 0. The number of hydrogen-bond acceptors (Lipinski definition) is 3. The molecule has 0 aromatic heterocycles. The number of alkyl carbamates (subject to hydrolysis) is 1. The maximum Gasteiger partial charge on any atom is 0.407 e. The number of hydrogen-bond donors (Lipinski definition) is 2. The Morgan fingerprint density at radius 1 is 1.12 bits per heavy atom. The summed E-state index contributed by atoms with van der Waals surface area (Å²) in [5.74, 6) is 0.835. The Balaban J connectivity index is 1.32. The summed E-state index contributed by atoms with van der Waals surface area (Å²) in [6.07, 6.45) is 8.44. The zero-order chi connectivity index (χ0) is 16.8. The van der Waals surface area contributed by atoms with Crippen molar-refractivity contribution in [3.63, 3.8) is 0 Å². The molecule has 2 atom stereocenters. The van der Waals surface area contributed by atoms with Gasteiger partial charge < -0.3 is 15.4 Å². The van der Waals surface area contributed by atoms with Gasteiger partial charge in [-0.3, -0.25) is 0 Å². The molecule has 2 aliphatic carbocycles. The van der Waals surface area contributed by atoms with E-state index in [-0.39, 0.29) is 12.1 Å². The molecule has 0 heterocycles. The SMILES string of the molecule is CCC1CCCCC1NC1CC(NC(=O)OCc2ccccc2)C1. The minimum atomic E-state index is -0.300. The molecule has 0 radical (unpaired) electrons. The molecule has 0 aliphatic heterocycles. The van der Waals surface area contributed by atoms with Crippen molar-refractivity contribution in [2.24, 2.45) is 5.92 Å². The smallest absolute Gasteiger partial charge is 0.407 e. The van der Waals surface area contributed by atoms with Crippen LogP contribution in [-0.4, -0.2) is 24.2 Å². The van der Waals surface area contributed by atoms with Crippen molar-refractivity contribution in [3.8, 4) is 0 Å². The Morgan fingerprint density at radius 2 is 1.88 bits per heavy atom. The van der Waals surface area contributed by atoms with E-state index in [4.69, 9.17) is 4.74 Å². The summed E-state index contributed by atoms with van der Waals surface area (Å²) in [6.45, 7) is 2.64. The van der Waals surface area contributed by atoms with Crippen LogP contribution >= 0.6 is 0 Å². The van der Waals surface area contributed by atoms with Crippen molar-refractivity contribution >= 4 is 6.09 Å². The van der Waals surface area contributed by atoms with Crippen LogP contribution < -0.4 is 10.6 Å². The Morgan fingerprint density at radius 3 is 2.62 bits per heavy atom. The van der Waals surface area contributed by atoms with Gasteiger partial charge in [-0.05, 0) is 37.2 Å². The van der Waals surface area contributed by atoms with Crippen molar-refractivity contribution in [1.29, 1.82) is 0 Å². The molecule has 2 fully saturated rings. The molecule has 132 valence electrons. The summed E-state index contributed by atoms with van der Waals surface area (Å²) in [7, 11) is 0. The zero-order valence-electron chi connectivity index (χ0n) is 14.7. The standard InChI is InChI=1S/C20H30N2O2/c1-2-16-10-6-7-11-19(16)21-17-12-18(13-17)22-20(23)24-14-15-8-4-3-5-9-15/h3-5,8-9,16-19,21H,2,6-7,10-14H2,1H3,(H,22,23). The fourth-order valence-electron chi connectivity index (χ4n) is 4.02. The van der Waals surface area contributed by atoms with Crippen LogP contribution in [0.4, 0.5) is 4.79 Å². The molecule has 0 bridgehead atoms. The van der Waals surface area contributed by atoms with E-state index in [1.54, 1.807) is 0 Å². The van der Waals surface area contributed by atoms with Crippen LogP contribution in [-0.2, 0) is 11.3 Å². The van der Waals surface area contributed by atoms with Crippen molar-refractivity contribution in [2.75, 3.05) is 0 Å². The van der Waals surface area contributed by atoms with Crippen molar-refractivity contribution in [2.45, 2.75) is 76.6 Å². The molecule has 0 saturated heterocycles. The summed E-state index contributed by atoms with van der Waals surface area (Å²) < 4.78 is 5.28. The van der Waals surface area contributed by atoms with Crippen LogP contribution in [0.1, 0.15) is 57.4 Å². The highest BCUT2D eigenvalue weighted by Gasteiger charge is 2.34. The van der Waals surface area contributed by atoms with E-state index in [0.717, 1.165) is 24.3 Å². The lowest BCUT2D eigenvalue weighted by atomic mass is 9.80. The van der Waals surface area contributed by atoms with Crippen LogP contribution in [0, 0.1) is 5.92 Å². The van der Waals surface area contributed by atoms with E-state index in [9.17, 15) is 4.79 Å². The fraction of sp³-hybridized carbons (Fsp3) is 0.650. The zero-order valence-corrected chi connectivity index (χ0v) is 14.7. The van der Waals surface area contributed by atoms with Gasteiger partial charge >= 0.3 is 6.09 Å². The third kappa shape index (κ3) is 4.73. The average molecular weight is 330 g/mol. The summed E-state index contributed by atoms with van der Waals surface area (Å²) in [5, 5.41) is 6.80. The number of nitrogens with one attached hydrogen (secondary N) is 2. The second-order valence-corrected chi connectivity index (χ2v) is 7.30. The lowest BCUT2D eigenvalue weighted by Crippen LogP contribution is -2.56. The molecule has 24 heavy (non-hydrogen) atoms. The maximum atomic E-state index is 11.9. The molecule has 4 nitrogen and oxygen atoms in total. The minimum absolute atomic E-state index is 0.259. The monoisotopic (exact) mass is 330 g/mol. The molecular formula is C20H30N2O2. The van der Waals surface area contributed by atoms with Gasteiger partial charge in [-0.1, -0.05) is 56.5 Å². The number of ether oxygens (including phenoxy) is 1. The highest BCUT2D eigenvalue weighted by molar-refractivity contribution is 5.67. The molecule has 2 saturated carbocycles. The first kappa shape index (κ1) is 17.3. The van der Waals surface area contributed by atoms with Gasteiger partial charge in [-0.15, -0.1) is 0 Å². The molecule has 2 N–H and O–H groups in total. The van der Waals surface area contributed by atoms with Gasteiger partial charge in [0.2, 0.25) is 0 Å². The lowest BCUT2D eigenvalue weighted by molar-refractivity contribution is 0.120. The van der Waals surface area contributed by atoms with Crippen molar-refractivity contribution < 1.29 is 9.53 Å². The summed E-state index contributed by atoms with van der Waals surface area (Å²) in [4.78, 5) is 11.9. The van der Waals surface area contributed by atoms with E-state index in [1.165, 1.54) is 32.1 Å². The lowest BCUT2D eigenvalue weighted by Gasteiger charge is -2.41. The Kier molecular flexibility index (Phi) is 6.13. The Hall–Kier alpha value is -1.55. The normalized spacial score (nSPS) is 29.5. The first-order valence-electron chi connectivity index (χ1n) is 9.48. The number of amides is 1. The van der Waals surface area contributed by atoms with Gasteiger partial charge in [-0.2, -0.15) is 0 Å². The van der Waals surface area contributed by atoms with E-state index in [2.05, 4.69) is 17.6 Å². The van der Waals surface area contributed by atoms with Gasteiger partial charge in [0.15, 0.2) is 0 Å². The number of carbonyl (C=O) groups is 1. The first-order valence-corrected chi connectivity index (χ1v) is 9.48. The van der Waals surface area contributed by atoms with Crippen LogP contribution in [0.2, 0.25) is 0 Å². The van der Waals surface area contributed by atoms with E-state index >= 15 is 0 Å². The average Bonchev–Trinajstić information content (AvgIpc) is 2.59. The predicted octanol–water partition coefficient (Wildman–Crippen LogP) is 4.00. The Labute approximate surface area is 145 Å². The van der Waals surface area contributed by atoms with Gasteiger partial charge in [-0.25, -0.2) is 4.79 Å². The van der Waals surface area contributed by atoms with Gasteiger partial charge in [0.05, 0.1) is 0 Å². The second-order valence-electron chi connectivity index (χ2n) is 7.30. The van der Waals surface area contributed by atoms with E-state index in [1.807, 2.05) is 30.3 Å². The van der Waals surface area contributed by atoms with E-state index in [0.29, 0.717) is 18.7 Å². The molecule has 2 unspecified atom stereocenters. The molecule has 2 aliphatic rings.